The van der Waals surface area contributed by atoms with Crippen LogP contribution < -0.4 is 25.4 Å². The number of imide groups is 1. The van der Waals surface area contributed by atoms with Crippen molar-refractivity contribution in [3.63, 3.8) is 0 Å². The number of nitrogens with one attached hydrogen (secondary N) is 1. The monoisotopic (exact) mass is 465 g/mol. The predicted molar refractivity (Wildman–Crippen MR) is 120 cm³/mol. The number of carbonyl (C=O) groups is 4. The second kappa shape index (κ2) is 7.66. The highest BCUT2D eigenvalue weighted by Crippen LogP contribution is 2.55. The van der Waals surface area contributed by atoms with Crippen LogP contribution in [0.5, 0.6) is 11.5 Å². The number of ether oxygens (including phenoxy) is 2. The van der Waals surface area contributed by atoms with Gasteiger partial charge in [0.15, 0.2) is 11.5 Å². The summed E-state index contributed by atoms with van der Waals surface area (Å²) in [5.74, 6) is -2.81. The third-order valence-corrected chi connectivity index (χ3v) is 7.30. The first-order valence-corrected chi connectivity index (χ1v) is 11.0. The van der Waals surface area contributed by atoms with Crippen molar-refractivity contribution in [3.8, 4) is 11.5 Å². The van der Waals surface area contributed by atoms with E-state index in [1.807, 2.05) is 0 Å². The molecule has 0 aromatic heterocycles. The highest BCUT2D eigenvalue weighted by molar-refractivity contribution is 8.04. The van der Waals surface area contributed by atoms with E-state index < -0.39 is 34.9 Å². The summed E-state index contributed by atoms with van der Waals surface area (Å²) in [4.78, 5) is 52.8. The van der Waals surface area contributed by atoms with E-state index in [4.69, 9.17) is 15.2 Å². The molecule has 168 valence electrons. The van der Waals surface area contributed by atoms with Crippen molar-refractivity contribution in [3.05, 3.63) is 64.2 Å². The van der Waals surface area contributed by atoms with Gasteiger partial charge < -0.3 is 20.5 Å². The number of thioether (sulfide) groups is 1. The third kappa shape index (κ3) is 3.01. The zero-order valence-corrected chi connectivity index (χ0v) is 18.5. The molecule has 2 aromatic rings. The zero-order valence-electron chi connectivity index (χ0n) is 17.7. The fourth-order valence-corrected chi connectivity index (χ4v) is 5.81. The lowest BCUT2D eigenvalue weighted by Gasteiger charge is -2.36. The first-order valence-electron chi connectivity index (χ1n) is 10.1. The topological polar surface area (TPSA) is 128 Å². The van der Waals surface area contributed by atoms with Crippen LogP contribution in [0.25, 0.3) is 0 Å². The molecule has 2 aromatic carbocycles. The van der Waals surface area contributed by atoms with Crippen LogP contribution >= 0.6 is 11.8 Å². The quantitative estimate of drug-likeness (QED) is 0.397. The molecule has 3 aliphatic heterocycles. The minimum absolute atomic E-state index is 0.165. The lowest BCUT2D eigenvalue weighted by Crippen LogP contribution is -2.39. The second-order valence-corrected chi connectivity index (χ2v) is 8.91. The smallest absolute Gasteiger partial charge is 0.342 e. The molecule has 0 radical (unpaired) electrons. The van der Waals surface area contributed by atoms with Crippen LogP contribution in [0.1, 0.15) is 21.8 Å². The van der Waals surface area contributed by atoms with Crippen molar-refractivity contribution >= 4 is 41.1 Å². The Morgan fingerprint density at radius 3 is 2.52 bits per heavy atom. The van der Waals surface area contributed by atoms with Crippen LogP contribution in [-0.4, -0.2) is 43.1 Å². The Labute approximate surface area is 192 Å². The van der Waals surface area contributed by atoms with Gasteiger partial charge in [0.05, 0.1) is 29.3 Å². The molecule has 10 heteroatoms. The van der Waals surface area contributed by atoms with Crippen molar-refractivity contribution in [2.45, 2.75) is 11.2 Å². The molecule has 0 aliphatic carbocycles. The molecular formula is C23H19N3O6S. The molecule has 0 unspecified atom stereocenters. The van der Waals surface area contributed by atoms with Crippen molar-refractivity contribution in [1.29, 1.82) is 0 Å². The highest BCUT2D eigenvalue weighted by atomic mass is 32.2. The number of esters is 1. The Balaban J connectivity index is 1.60. The van der Waals surface area contributed by atoms with Crippen LogP contribution in [0.15, 0.2) is 53.1 Å². The maximum Gasteiger partial charge on any atom is 0.342 e. The van der Waals surface area contributed by atoms with Gasteiger partial charge in [0, 0.05) is 24.1 Å². The summed E-state index contributed by atoms with van der Waals surface area (Å²) in [6.45, 7) is 0. The Bertz CT molecular complexity index is 1260. The minimum Gasteiger partial charge on any atom is -0.493 e. The fourth-order valence-electron chi connectivity index (χ4n) is 4.57. The van der Waals surface area contributed by atoms with Crippen LogP contribution in [0.3, 0.4) is 0 Å². The van der Waals surface area contributed by atoms with Gasteiger partial charge in [-0.25, -0.2) is 9.69 Å². The Morgan fingerprint density at radius 2 is 1.85 bits per heavy atom. The average molecular weight is 465 g/mol. The normalized spacial score (nSPS) is 23.5. The van der Waals surface area contributed by atoms with Gasteiger partial charge in [0.1, 0.15) is 5.25 Å². The van der Waals surface area contributed by atoms with Crippen LogP contribution in [0, 0.1) is 5.92 Å². The number of hydrogen-bond donors (Lipinski definition) is 2. The van der Waals surface area contributed by atoms with Crippen LogP contribution in [-0.2, 0) is 14.4 Å². The molecule has 3 N–H and O–H groups in total. The van der Waals surface area contributed by atoms with Crippen LogP contribution in [0.4, 0.5) is 5.69 Å². The van der Waals surface area contributed by atoms with Gasteiger partial charge >= 0.3 is 5.97 Å². The molecular weight excluding hydrogens is 446 g/mol. The van der Waals surface area contributed by atoms with E-state index in [9.17, 15) is 19.2 Å². The summed E-state index contributed by atoms with van der Waals surface area (Å²) in [6, 6.07) is 11.3. The van der Waals surface area contributed by atoms with E-state index in [1.54, 1.807) is 42.5 Å². The van der Waals surface area contributed by atoms with E-state index in [0.717, 1.165) is 16.7 Å². The number of benzene rings is 2. The Hall–Kier alpha value is -3.79. The van der Waals surface area contributed by atoms with Crippen molar-refractivity contribution in [1.82, 2.24) is 5.32 Å². The molecule has 1 saturated heterocycles. The maximum absolute atomic E-state index is 13.6. The maximum atomic E-state index is 13.6. The molecule has 0 spiro atoms. The van der Waals surface area contributed by atoms with Gasteiger partial charge in [-0.05, 0) is 30.3 Å². The van der Waals surface area contributed by atoms with E-state index in [2.05, 4.69) is 5.32 Å². The predicted octanol–water partition coefficient (Wildman–Crippen LogP) is 1.53. The molecule has 3 amide bonds. The van der Waals surface area contributed by atoms with Gasteiger partial charge in [0.2, 0.25) is 11.8 Å². The molecule has 5 rings (SSSR count). The molecule has 3 aliphatic rings. The molecule has 9 nitrogen and oxygen atoms in total. The van der Waals surface area contributed by atoms with Crippen LogP contribution in [0.2, 0.25) is 0 Å². The summed E-state index contributed by atoms with van der Waals surface area (Å²) in [6.07, 6.45) is 0. The van der Waals surface area contributed by atoms with Gasteiger partial charge in [-0.3, -0.25) is 14.4 Å². The van der Waals surface area contributed by atoms with Crippen molar-refractivity contribution < 1.29 is 28.7 Å². The summed E-state index contributed by atoms with van der Waals surface area (Å²) in [7, 11) is 2.97. The number of carbonyl (C=O) groups excluding carboxylic acids is 4. The number of para-hydroxylation sites is 1. The average Bonchev–Trinajstić information content (AvgIpc) is 3.07. The summed E-state index contributed by atoms with van der Waals surface area (Å²) < 4.78 is 10.8. The summed E-state index contributed by atoms with van der Waals surface area (Å²) in [5, 5.41) is 1.89. The lowest BCUT2D eigenvalue weighted by atomic mass is 9.77. The number of rotatable bonds is 3. The standard InChI is InChI=1S/C23H19N3O6S/c1-25-20(27)10-6-8-11(9-7-10)26-21(28)15-14-12-4-3-5-13(31-2)17(12)32-23(30)16(14)19(24)33-18(15)22(26)29/h3-9,14-15,18H,24H2,1-2H3,(H,25,27)/t14-,15+,18-/m1/s1. The number of hydrogen-bond acceptors (Lipinski definition) is 8. The minimum atomic E-state index is -0.845. The second-order valence-electron chi connectivity index (χ2n) is 7.73. The summed E-state index contributed by atoms with van der Waals surface area (Å²) >= 11 is 1.00. The van der Waals surface area contributed by atoms with E-state index in [-0.39, 0.29) is 22.3 Å². The van der Waals surface area contributed by atoms with Gasteiger partial charge in [0.25, 0.3) is 5.91 Å². The molecule has 0 saturated carbocycles. The number of methoxy groups -OCH3 is 1. The fraction of sp³-hybridized carbons (Fsp3) is 0.217. The zero-order chi connectivity index (χ0) is 23.4. The third-order valence-electron chi connectivity index (χ3n) is 6.08. The lowest BCUT2D eigenvalue weighted by molar-refractivity contribution is -0.132. The molecule has 1 fully saturated rings. The van der Waals surface area contributed by atoms with Gasteiger partial charge in [-0.2, -0.15) is 0 Å². The largest absolute Gasteiger partial charge is 0.493 e. The van der Waals surface area contributed by atoms with Crippen molar-refractivity contribution in [2.24, 2.45) is 11.7 Å². The number of anilines is 1. The molecule has 3 heterocycles. The highest BCUT2D eigenvalue weighted by Gasteiger charge is 2.58. The number of nitrogens with two attached hydrogens (primary N) is 1. The van der Waals surface area contributed by atoms with Crippen molar-refractivity contribution in [2.75, 3.05) is 19.1 Å². The first kappa shape index (κ1) is 21.1. The first-order chi connectivity index (χ1) is 15.9. The van der Waals surface area contributed by atoms with E-state index >= 15 is 0 Å². The van der Waals surface area contributed by atoms with Gasteiger partial charge in [-0.15, -0.1) is 0 Å². The van der Waals surface area contributed by atoms with E-state index in [0.29, 0.717) is 22.6 Å². The molecule has 0 bridgehead atoms. The SMILES string of the molecule is CNC(=O)c1ccc(N2C(=O)[C@H]3[C@@H]4C(=C(N)S[C@H]3C2=O)C(=O)Oc2c(OC)cccc24)cc1. The Morgan fingerprint density at radius 1 is 1.12 bits per heavy atom. The van der Waals surface area contributed by atoms with E-state index in [1.165, 1.54) is 14.2 Å². The molecule has 33 heavy (non-hydrogen) atoms. The Kier molecular flexibility index (Phi) is 4.89. The number of fused-ring (bicyclic) bond motifs is 5. The number of amides is 3. The van der Waals surface area contributed by atoms with Gasteiger partial charge in [-0.1, -0.05) is 23.9 Å². The summed E-state index contributed by atoms with van der Waals surface area (Å²) in [5.41, 5.74) is 7.70. The number of nitrogens with zero attached hydrogens (tertiary/aromatic N) is 1. The molecule has 3 atom stereocenters.